The Morgan fingerprint density at radius 3 is 2.93 bits per heavy atom. The van der Waals surface area contributed by atoms with Gasteiger partial charge in [-0.25, -0.2) is 0 Å². The van der Waals surface area contributed by atoms with Gasteiger partial charge >= 0.3 is 0 Å². The Labute approximate surface area is 84.3 Å². The normalized spacial score (nSPS) is 10.4. The van der Waals surface area contributed by atoms with Crippen LogP contribution in [0.2, 0.25) is 0 Å². The van der Waals surface area contributed by atoms with Gasteiger partial charge in [0.1, 0.15) is 5.78 Å². The monoisotopic (exact) mass is 195 g/mol. The Morgan fingerprint density at radius 2 is 2.36 bits per heavy atom. The number of hydrogen-bond acceptors (Lipinski definition) is 3. The molecule has 1 N–H and O–H groups in total. The van der Waals surface area contributed by atoms with Crippen molar-refractivity contribution in [2.75, 3.05) is 13.6 Å². The van der Waals surface area contributed by atoms with Crippen LogP contribution in [0.25, 0.3) is 0 Å². The molecule has 0 unspecified atom stereocenters. The van der Waals surface area contributed by atoms with E-state index in [0.717, 1.165) is 18.7 Å². The minimum atomic E-state index is 0.306. The van der Waals surface area contributed by atoms with Crippen molar-refractivity contribution in [1.29, 1.82) is 0 Å². The summed E-state index contributed by atoms with van der Waals surface area (Å²) >= 11 is 0. The Hall–Kier alpha value is -1.16. The van der Waals surface area contributed by atoms with Crippen LogP contribution < -0.4 is 5.32 Å². The van der Waals surface area contributed by atoms with Gasteiger partial charge in [0.25, 0.3) is 0 Å². The molecule has 0 fully saturated rings. The zero-order valence-corrected chi connectivity index (χ0v) is 8.79. The van der Waals surface area contributed by atoms with Crippen LogP contribution >= 0.6 is 0 Å². The van der Waals surface area contributed by atoms with Crippen molar-refractivity contribution < 1.29 is 4.79 Å². The van der Waals surface area contributed by atoms with Gasteiger partial charge in [0.15, 0.2) is 0 Å². The van der Waals surface area contributed by atoms with Crippen molar-refractivity contribution in [3.8, 4) is 0 Å². The molecule has 1 aromatic rings. The van der Waals surface area contributed by atoms with E-state index < -0.39 is 0 Å². The molecule has 0 aromatic carbocycles. The molecule has 78 valence electrons. The topological polar surface area (TPSA) is 46.9 Å². The molecule has 0 radical (unpaired) electrons. The summed E-state index contributed by atoms with van der Waals surface area (Å²) in [4.78, 5) is 11.3. The van der Waals surface area contributed by atoms with E-state index in [1.165, 1.54) is 0 Å². The van der Waals surface area contributed by atoms with Gasteiger partial charge in [-0.15, -0.1) is 0 Å². The Bertz CT molecular complexity index is 293. The molecular formula is C10H17N3O. The maximum absolute atomic E-state index is 11.3. The van der Waals surface area contributed by atoms with Crippen LogP contribution in [0.1, 0.15) is 18.5 Å². The molecule has 1 rings (SSSR count). The van der Waals surface area contributed by atoms with Crippen LogP contribution in [0.3, 0.4) is 0 Å². The van der Waals surface area contributed by atoms with Crippen molar-refractivity contribution in [2.45, 2.75) is 19.3 Å². The van der Waals surface area contributed by atoms with Gasteiger partial charge in [-0.05, 0) is 19.5 Å². The first-order valence-electron chi connectivity index (χ1n) is 4.87. The second-order valence-electron chi connectivity index (χ2n) is 3.34. The van der Waals surface area contributed by atoms with E-state index in [0.29, 0.717) is 18.6 Å². The van der Waals surface area contributed by atoms with Crippen molar-refractivity contribution in [3.05, 3.63) is 18.0 Å². The lowest BCUT2D eigenvalue weighted by Gasteiger charge is -2.01. The third-order valence-corrected chi connectivity index (χ3v) is 2.24. The van der Waals surface area contributed by atoms with Gasteiger partial charge in [0.2, 0.25) is 0 Å². The lowest BCUT2D eigenvalue weighted by molar-refractivity contribution is -0.118. The zero-order chi connectivity index (χ0) is 10.4. The average Bonchev–Trinajstić information content (AvgIpc) is 2.58. The van der Waals surface area contributed by atoms with E-state index in [1.54, 1.807) is 6.20 Å². The minimum absolute atomic E-state index is 0.306. The van der Waals surface area contributed by atoms with Crippen molar-refractivity contribution in [2.24, 2.45) is 7.05 Å². The molecule has 0 aliphatic carbocycles. The van der Waals surface area contributed by atoms with Gasteiger partial charge in [0.05, 0.1) is 0 Å². The van der Waals surface area contributed by atoms with E-state index in [4.69, 9.17) is 0 Å². The molecule has 0 aliphatic rings. The molecule has 0 bridgehead atoms. The molecule has 0 saturated heterocycles. The number of ketones is 1. The summed E-state index contributed by atoms with van der Waals surface area (Å²) in [6.07, 6.45) is 3.78. The summed E-state index contributed by atoms with van der Waals surface area (Å²) in [6, 6.07) is 1.95. The van der Waals surface area contributed by atoms with Gasteiger partial charge < -0.3 is 5.32 Å². The second kappa shape index (κ2) is 5.54. The number of aromatic nitrogens is 2. The van der Waals surface area contributed by atoms with E-state index in [2.05, 4.69) is 10.4 Å². The number of nitrogens with one attached hydrogen (secondary N) is 1. The number of Topliss-reactive ketones (excluding diaryl/α,β-unsaturated/α-hetero) is 1. The molecule has 0 amide bonds. The fourth-order valence-electron chi connectivity index (χ4n) is 1.30. The van der Waals surface area contributed by atoms with Crippen molar-refractivity contribution in [1.82, 2.24) is 15.1 Å². The first-order valence-corrected chi connectivity index (χ1v) is 4.87. The second-order valence-corrected chi connectivity index (χ2v) is 3.34. The molecule has 0 spiro atoms. The lowest BCUT2D eigenvalue weighted by Crippen LogP contribution is -2.13. The molecule has 14 heavy (non-hydrogen) atoms. The quantitative estimate of drug-likeness (QED) is 0.720. The Kier molecular flexibility index (Phi) is 4.32. The summed E-state index contributed by atoms with van der Waals surface area (Å²) in [6.45, 7) is 0.768. The maximum Gasteiger partial charge on any atom is 0.134 e. The number of rotatable bonds is 6. The molecule has 0 saturated carbocycles. The van der Waals surface area contributed by atoms with Crippen LogP contribution in [0, 0.1) is 0 Å². The standard InChI is InChI=1S/C10H17N3O/c1-11-7-6-10(14)4-3-9-5-8-12-13(9)2/h5,8,11H,3-4,6-7H2,1-2H3. The number of carbonyl (C=O) groups is 1. The number of carbonyl (C=O) groups excluding carboxylic acids is 1. The number of hydrogen-bond donors (Lipinski definition) is 1. The number of nitrogens with zero attached hydrogens (tertiary/aromatic N) is 2. The van der Waals surface area contributed by atoms with Crippen molar-refractivity contribution >= 4 is 5.78 Å². The first-order chi connectivity index (χ1) is 6.74. The SMILES string of the molecule is CNCCC(=O)CCc1ccnn1C. The van der Waals surface area contributed by atoms with Gasteiger partial charge in [-0.1, -0.05) is 0 Å². The summed E-state index contributed by atoms with van der Waals surface area (Å²) in [7, 11) is 3.75. The van der Waals surface area contributed by atoms with Crippen molar-refractivity contribution in [3.63, 3.8) is 0 Å². The summed E-state index contributed by atoms with van der Waals surface area (Å²) in [5, 5.41) is 7.01. The van der Waals surface area contributed by atoms with Crippen LogP contribution in [0.15, 0.2) is 12.3 Å². The van der Waals surface area contributed by atoms with Gasteiger partial charge in [0, 0.05) is 38.3 Å². The molecule has 1 aromatic heterocycles. The van der Waals surface area contributed by atoms with E-state index in [1.807, 2.05) is 24.8 Å². The average molecular weight is 195 g/mol. The van der Waals surface area contributed by atoms with Gasteiger partial charge in [-0.3, -0.25) is 9.48 Å². The molecule has 4 nitrogen and oxygen atoms in total. The Morgan fingerprint density at radius 1 is 1.57 bits per heavy atom. The molecule has 1 heterocycles. The minimum Gasteiger partial charge on any atom is -0.319 e. The highest BCUT2D eigenvalue weighted by Gasteiger charge is 2.04. The molecule has 4 heteroatoms. The van der Waals surface area contributed by atoms with Crippen LogP contribution in [-0.4, -0.2) is 29.2 Å². The highest BCUT2D eigenvalue weighted by atomic mass is 16.1. The highest BCUT2D eigenvalue weighted by Crippen LogP contribution is 2.02. The predicted octanol–water partition coefficient (Wildman–Crippen LogP) is 0.531. The summed E-state index contributed by atoms with van der Waals surface area (Å²) < 4.78 is 1.81. The number of aryl methyl sites for hydroxylation is 2. The predicted molar refractivity (Wildman–Crippen MR) is 55.1 cm³/mol. The van der Waals surface area contributed by atoms with Crippen LogP contribution in [-0.2, 0) is 18.3 Å². The molecule has 0 atom stereocenters. The lowest BCUT2D eigenvalue weighted by atomic mass is 10.1. The van der Waals surface area contributed by atoms with E-state index in [9.17, 15) is 4.79 Å². The summed E-state index contributed by atoms with van der Waals surface area (Å²) in [5.74, 6) is 0.306. The molecule has 0 aliphatic heterocycles. The third-order valence-electron chi connectivity index (χ3n) is 2.24. The molecular weight excluding hydrogens is 178 g/mol. The Balaban J connectivity index is 2.27. The van der Waals surface area contributed by atoms with E-state index >= 15 is 0 Å². The summed E-state index contributed by atoms with van der Waals surface area (Å²) in [5.41, 5.74) is 1.11. The smallest absolute Gasteiger partial charge is 0.134 e. The van der Waals surface area contributed by atoms with E-state index in [-0.39, 0.29) is 0 Å². The maximum atomic E-state index is 11.3. The highest BCUT2D eigenvalue weighted by molar-refractivity contribution is 5.78. The fourth-order valence-corrected chi connectivity index (χ4v) is 1.30. The third kappa shape index (κ3) is 3.30. The van der Waals surface area contributed by atoms with Crippen LogP contribution in [0.5, 0.6) is 0 Å². The first kappa shape index (κ1) is 10.9. The van der Waals surface area contributed by atoms with Crippen LogP contribution in [0.4, 0.5) is 0 Å². The largest absolute Gasteiger partial charge is 0.319 e. The fraction of sp³-hybridized carbons (Fsp3) is 0.600. The van der Waals surface area contributed by atoms with Gasteiger partial charge in [-0.2, -0.15) is 5.10 Å². The zero-order valence-electron chi connectivity index (χ0n) is 8.79.